The SMILES string of the molecule is CCCCCC(CC)N(Cc1ccc2n[nH]nc2c1C)C(CC)CCCCC. The van der Waals surface area contributed by atoms with E-state index in [0.29, 0.717) is 12.1 Å². The van der Waals surface area contributed by atoms with E-state index in [0.717, 1.165) is 17.6 Å². The molecule has 28 heavy (non-hydrogen) atoms. The molecule has 0 saturated carbocycles. The van der Waals surface area contributed by atoms with Gasteiger partial charge in [-0.1, -0.05) is 72.3 Å². The van der Waals surface area contributed by atoms with Gasteiger partial charge in [-0.25, -0.2) is 0 Å². The molecule has 0 saturated heterocycles. The van der Waals surface area contributed by atoms with Crippen molar-refractivity contribution in [3.63, 3.8) is 0 Å². The maximum Gasteiger partial charge on any atom is 0.116 e. The van der Waals surface area contributed by atoms with Crippen molar-refractivity contribution in [2.75, 3.05) is 0 Å². The van der Waals surface area contributed by atoms with E-state index in [1.54, 1.807) is 0 Å². The normalized spacial score (nSPS) is 14.1. The third kappa shape index (κ3) is 6.04. The highest BCUT2D eigenvalue weighted by atomic mass is 15.3. The van der Waals surface area contributed by atoms with E-state index in [4.69, 9.17) is 0 Å². The largest absolute Gasteiger partial charge is 0.293 e. The summed E-state index contributed by atoms with van der Waals surface area (Å²) in [7, 11) is 0. The molecule has 0 aliphatic rings. The molecule has 0 bridgehead atoms. The van der Waals surface area contributed by atoms with Gasteiger partial charge in [0.2, 0.25) is 0 Å². The maximum atomic E-state index is 4.38. The van der Waals surface area contributed by atoms with Crippen LogP contribution in [0.2, 0.25) is 0 Å². The smallest absolute Gasteiger partial charge is 0.116 e. The summed E-state index contributed by atoms with van der Waals surface area (Å²) in [6.07, 6.45) is 13.1. The number of benzene rings is 1. The molecule has 0 radical (unpaired) electrons. The monoisotopic (exact) mass is 386 g/mol. The fourth-order valence-electron chi connectivity index (χ4n) is 4.48. The third-order valence-electron chi connectivity index (χ3n) is 6.37. The van der Waals surface area contributed by atoms with E-state index in [1.807, 2.05) is 0 Å². The molecule has 2 unspecified atom stereocenters. The van der Waals surface area contributed by atoms with Crippen LogP contribution in [0.4, 0.5) is 0 Å². The van der Waals surface area contributed by atoms with E-state index in [9.17, 15) is 0 Å². The van der Waals surface area contributed by atoms with Gasteiger partial charge in [-0.3, -0.25) is 4.90 Å². The zero-order valence-electron chi connectivity index (χ0n) is 18.9. The van der Waals surface area contributed by atoms with Crippen molar-refractivity contribution in [1.29, 1.82) is 0 Å². The van der Waals surface area contributed by atoms with Crippen LogP contribution in [0.25, 0.3) is 11.0 Å². The number of fused-ring (bicyclic) bond motifs is 1. The highest BCUT2D eigenvalue weighted by molar-refractivity contribution is 5.78. The lowest BCUT2D eigenvalue weighted by atomic mass is 9.96. The van der Waals surface area contributed by atoms with Gasteiger partial charge >= 0.3 is 0 Å². The van der Waals surface area contributed by atoms with Gasteiger partial charge in [-0.2, -0.15) is 15.4 Å². The van der Waals surface area contributed by atoms with Crippen LogP contribution in [0.15, 0.2) is 12.1 Å². The fraction of sp³-hybridized carbons (Fsp3) is 0.750. The van der Waals surface area contributed by atoms with Crippen molar-refractivity contribution in [1.82, 2.24) is 20.3 Å². The number of rotatable bonds is 14. The average molecular weight is 387 g/mol. The van der Waals surface area contributed by atoms with Crippen LogP contribution in [0.1, 0.15) is 103 Å². The first-order chi connectivity index (χ1) is 13.7. The molecule has 158 valence electrons. The molecule has 1 heterocycles. The second-order valence-corrected chi connectivity index (χ2v) is 8.33. The molecule has 0 spiro atoms. The Hall–Kier alpha value is -1.42. The Morgan fingerprint density at radius 2 is 1.46 bits per heavy atom. The Kier molecular flexibility index (Phi) is 9.97. The minimum atomic E-state index is 0.672. The summed E-state index contributed by atoms with van der Waals surface area (Å²) in [5, 5.41) is 11.4. The zero-order valence-corrected chi connectivity index (χ0v) is 18.9. The molecule has 0 aliphatic heterocycles. The van der Waals surface area contributed by atoms with Crippen LogP contribution >= 0.6 is 0 Å². The first kappa shape index (κ1) is 22.9. The molecule has 4 heteroatoms. The summed E-state index contributed by atoms with van der Waals surface area (Å²) in [4.78, 5) is 2.83. The number of aryl methyl sites for hydroxylation is 1. The molecular formula is C24H42N4. The summed E-state index contributed by atoms with van der Waals surface area (Å²) in [5.74, 6) is 0. The van der Waals surface area contributed by atoms with Gasteiger partial charge in [0, 0.05) is 18.6 Å². The Morgan fingerprint density at radius 3 is 2.00 bits per heavy atom. The number of nitrogens with zero attached hydrogens (tertiary/aromatic N) is 3. The summed E-state index contributed by atoms with van der Waals surface area (Å²) in [5.41, 5.74) is 4.68. The summed E-state index contributed by atoms with van der Waals surface area (Å²) < 4.78 is 0. The molecule has 1 aromatic heterocycles. The van der Waals surface area contributed by atoms with E-state index >= 15 is 0 Å². The van der Waals surface area contributed by atoms with Crippen LogP contribution in [-0.4, -0.2) is 32.4 Å². The fourth-order valence-corrected chi connectivity index (χ4v) is 4.48. The number of unbranched alkanes of at least 4 members (excludes halogenated alkanes) is 4. The van der Waals surface area contributed by atoms with E-state index < -0.39 is 0 Å². The second-order valence-electron chi connectivity index (χ2n) is 8.33. The third-order valence-corrected chi connectivity index (χ3v) is 6.37. The molecule has 1 N–H and O–H groups in total. The predicted octanol–water partition coefficient (Wildman–Crippen LogP) is 6.79. The Balaban J connectivity index is 2.24. The lowest BCUT2D eigenvalue weighted by Gasteiger charge is -2.38. The summed E-state index contributed by atoms with van der Waals surface area (Å²) in [6, 6.07) is 5.73. The van der Waals surface area contributed by atoms with Gasteiger partial charge < -0.3 is 0 Å². The number of hydrogen-bond acceptors (Lipinski definition) is 3. The molecule has 0 amide bonds. The number of H-pyrrole nitrogens is 1. The van der Waals surface area contributed by atoms with Crippen molar-refractivity contribution in [2.24, 2.45) is 0 Å². The van der Waals surface area contributed by atoms with Gasteiger partial charge in [0.15, 0.2) is 0 Å². The topological polar surface area (TPSA) is 44.8 Å². The number of aromatic nitrogens is 3. The molecule has 1 aromatic carbocycles. The molecule has 0 aliphatic carbocycles. The van der Waals surface area contributed by atoms with Crippen LogP contribution in [0, 0.1) is 6.92 Å². The number of hydrogen-bond donors (Lipinski definition) is 1. The first-order valence-corrected chi connectivity index (χ1v) is 11.7. The number of nitrogens with one attached hydrogen (secondary N) is 1. The highest BCUT2D eigenvalue weighted by Gasteiger charge is 2.25. The zero-order chi connectivity index (χ0) is 20.4. The lowest BCUT2D eigenvalue weighted by molar-refractivity contribution is 0.0995. The summed E-state index contributed by atoms with van der Waals surface area (Å²) in [6.45, 7) is 12.6. The van der Waals surface area contributed by atoms with E-state index in [1.165, 1.54) is 75.3 Å². The van der Waals surface area contributed by atoms with Gasteiger partial charge in [0.1, 0.15) is 11.0 Å². The van der Waals surface area contributed by atoms with Gasteiger partial charge in [-0.05, 0) is 49.8 Å². The van der Waals surface area contributed by atoms with Gasteiger partial charge in [0.25, 0.3) is 0 Å². The van der Waals surface area contributed by atoms with Gasteiger partial charge in [-0.15, -0.1) is 0 Å². The van der Waals surface area contributed by atoms with E-state index in [-0.39, 0.29) is 0 Å². The molecule has 2 aromatic rings. The standard InChI is InChI=1S/C24H42N4/c1-6-10-12-14-21(8-3)28(22(9-4)15-13-11-7-2)18-20-16-17-23-24(19(20)5)26-27-25-23/h16-17,21-22H,6-15,18H2,1-5H3,(H,25,26,27). The minimum Gasteiger partial charge on any atom is -0.293 e. The van der Waals surface area contributed by atoms with Crippen molar-refractivity contribution < 1.29 is 0 Å². The molecule has 4 nitrogen and oxygen atoms in total. The highest BCUT2D eigenvalue weighted by Crippen LogP contribution is 2.27. The molecule has 2 rings (SSSR count). The molecule has 2 atom stereocenters. The van der Waals surface area contributed by atoms with E-state index in [2.05, 4.69) is 67.1 Å². The maximum absolute atomic E-state index is 4.38. The Morgan fingerprint density at radius 1 is 0.857 bits per heavy atom. The molecule has 0 fully saturated rings. The van der Waals surface area contributed by atoms with Gasteiger partial charge in [0.05, 0.1) is 0 Å². The Bertz CT molecular complexity index is 660. The number of aromatic amines is 1. The van der Waals surface area contributed by atoms with Crippen molar-refractivity contribution in [2.45, 2.75) is 117 Å². The van der Waals surface area contributed by atoms with Crippen molar-refractivity contribution in [3.05, 3.63) is 23.3 Å². The second kappa shape index (κ2) is 12.2. The minimum absolute atomic E-state index is 0.672. The van der Waals surface area contributed by atoms with Crippen LogP contribution < -0.4 is 0 Å². The van der Waals surface area contributed by atoms with Crippen LogP contribution in [0.3, 0.4) is 0 Å². The van der Waals surface area contributed by atoms with Crippen LogP contribution in [0.5, 0.6) is 0 Å². The lowest BCUT2D eigenvalue weighted by Crippen LogP contribution is -2.42. The average Bonchev–Trinajstić information content (AvgIpc) is 3.19. The predicted molar refractivity (Wildman–Crippen MR) is 121 cm³/mol. The quantitative estimate of drug-likeness (QED) is 0.364. The Labute approximate surface area is 172 Å². The molecular weight excluding hydrogens is 344 g/mol. The van der Waals surface area contributed by atoms with Crippen molar-refractivity contribution >= 4 is 11.0 Å². The summed E-state index contributed by atoms with van der Waals surface area (Å²) >= 11 is 0. The van der Waals surface area contributed by atoms with Crippen LogP contribution in [-0.2, 0) is 6.54 Å². The first-order valence-electron chi connectivity index (χ1n) is 11.7. The van der Waals surface area contributed by atoms with Crippen molar-refractivity contribution in [3.8, 4) is 0 Å².